The van der Waals surface area contributed by atoms with Crippen molar-refractivity contribution >= 4 is 11.1 Å². The second-order valence-electron chi connectivity index (χ2n) is 14.2. The Bertz CT molecular complexity index is 1510. The molecule has 1 heterocycles. The third kappa shape index (κ3) is 4.20. The molecule has 5 aliphatic carbocycles. The fourth-order valence-corrected chi connectivity index (χ4v) is 10.2. The molecule has 0 amide bonds. The average molecular weight is 556 g/mol. The van der Waals surface area contributed by atoms with Gasteiger partial charge in [0.05, 0.1) is 6.10 Å². The maximum absolute atomic E-state index is 13.5. The van der Waals surface area contributed by atoms with Gasteiger partial charge in [-0.05, 0) is 122 Å². The summed E-state index contributed by atoms with van der Waals surface area (Å²) in [7, 11) is 0. The van der Waals surface area contributed by atoms with Crippen molar-refractivity contribution in [2.24, 2.45) is 40.4 Å². The van der Waals surface area contributed by atoms with E-state index in [9.17, 15) is 9.90 Å². The van der Waals surface area contributed by atoms with Crippen LogP contribution < -0.4 is 10.2 Å². The van der Waals surface area contributed by atoms with E-state index in [0.29, 0.717) is 45.6 Å². The quantitative estimate of drug-likeness (QED) is 0.255. The van der Waals surface area contributed by atoms with Crippen molar-refractivity contribution in [1.82, 2.24) is 4.98 Å². The molecule has 1 aromatic rings. The molecule has 0 aromatic heterocycles. The smallest absolute Gasteiger partial charge is 0.249 e. The predicted octanol–water partition coefficient (Wildman–Crippen LogP) is 8.03. The molecule has 5 nitrogen and oxygen atoms in total. The van der Waals surface area contributed by atoms with Gasteiger partial charge in [0.15, 0.2) is 22.8 Å². The molecule has 3 saturated carbocycles. The molecule has 0 spiro atoms. The first-order valence-electron chi connectivity index (χ1n) is 16.1. The molecule has 3 fully saturated rings. The lowest BCUT2D eigenvalue weighted by Crippen LogP contribution is -2.51. The Kier molecular flexibility index (Phi) is 6.61. The van der Waals surface area contributed by atoms with E-state index in [2.05, 4.69) is 38.8 Å². The molecular weight excluding hydrogens is 510 g/mol. The van der Waals surface area contributed by atoms with Crippen molar-refractivity contribution < 1.29 is 14.3 Å². The van der Waals surface area contributed by atoms with E-state index in [1.807, 2.05) is 30.3 Å². The van der Waals surface area contributed by atoms with E-state index in [-0.39, 0.29) is 23.1 Å². The van der Waals surface area contributed by atoms with E-state index in [0.717, 1.165) is 43.4 Å². The first-order chi connectivity index (χ1) is 19.7. The molecule has 1 aliphatic heterocycles. The molecule has 6 aliphatic rings. The number of hydrogen-bond acceptors (Lipinski definition) is 5. The third-order valence-electron chi connectivity index (χ3n) is 12.4. The lowest BCUT2D eigenvalue weighted by Gasteiger charge is -2.58. The predicted molar refractivity (Wildman–Crippen MR) is 162 cm³/mol. The standard InChI is InChI=1S/C36H45NO4/c1-5-29(40-32-15-14-31-33(34(32)39)37-28-8-6-7-9-30(28)41-31)21(2)25-12-13-26-24-11-10-22-20-23(38)16-18-35(22,3)27(24)17-19-36(25,26)4/h6-10,14-15,21,23-27,29,38H,5,11-13,16-20H2,1-4H3/t21-,23-,24-,25+,26-,27-,29?,35-,36+/m0/s1. The van der Waals surface area contributed by atoms with Crippen LogP contribution in [0.4, 0.5) is 0 Å². The van der Waals surface area contributed by atoms with Crippen LogP contribution in [0.15, 0.2) is 57.3 Å². The number of hydrogen-bond donors (Lipinski definition) is 1. The van der Waals surface area contributed by atoms with Crippen molar-refractivity contribution in [3.8, 4) is 17.2 Å². The number of nitrogens with zero attached hydrogens (tertiary/aromatic N) is 1. The van der Waals surface area contributed by atoms with Crippen LogP contribution in [0.25, 0.3) is 22.6 Å². The van der Waals surface area contributed by atoms with Crippen LogP contribution in [-0.2, 0) is 0 Å². The first-order valence-corrected chi connectivity index (χ1v) is 16.1. The first kappa shape index (κ1) is 27.2. The van der Waals surface area contributed by atoms with Crippen molar-refractivity contribution in [3.63, 3.8) is 0 Å². The molecule has 1 unspecified atom stereocenters. The summed E-state index contributed by atoms with van der Waals surface area (Å²) in [6.07, 6.45) is 12.5. The van der Waals surface area contributed by atoms with Crippen LogP contribution in [0.2, 0.25) is 0 Å². The molecule has 9 atom stereocenters. The topological polar surface area (TPSA) is 72.6 Å². The maximum Gasteiger partial charge on any atom is 0.249 e. The van der Waals surface area contributed by atoms with E-state index in [1.54, 1.807) is 11.6 Å². The summed E-state index contributed by atoms with van der Waals surface area (Å²) in [5, 5.41) is 10.4. The zero-order valence-corrected chi connectivity index (χ0v) is 25.1. The second kappa shape index (κ2) is 9.97. The largest absolute Gasteiger partial charge is 0.486 e. The average Bonchev–Trinajstić information content (AvgIpc) is 3.33. The van der Waals surface area contributed by atoms with Gasteiger partial charge in [0.2, 0.25) is 5.43 Å². The van der Waals surface area contributed by atoms with Crippen LogP contribution in [0.3, 0.4) is 0 Å². The molecule has 0 saturated heterocycles. The summed E-state index contributed by atoms with van der Waals surface area (Å²) in [5.41, 5.74) is 3.62. The second-order valence-corrected chi connectivity index (χ2v) is 14.2. The minimum Gasteiger partial charge on any atom is -0.486 e. The molecular formula is C36H45NO4. The molecule has 5 heteroatoms. The minimum atomic E-state index is -0.186. The van der Waals surface area contributed by atoms with Crippen LogP contribution >= 0.6 is 0 Å². The number of allylic oxidation sites excluding steroid dienone is 1. The lowest BCUT2D eigenvalue weighted by molar-refractivity contribution is -0.0654. The monoisotopic (exact) mass is 555 g/mol. The highest BCUT2D eigenvalue weighted by Crippen LogP contribution is 2.67. The van der Waals surface area contributed by atoms with Gasteiger partial charge in [-0.1, -0.05) is 51.5 Å². The normalized spacial score (nSPS) is 36.2. The fraction of sp³-hybridized carbons (Fsp3) is 0.611. The fourth-order valence-electron chi connectivity index (χ4n) is 10.2. The van der Waals surface area contributed by atoms with Gasteiger partial charge in [0.1, 0.15) is 11.6 Å². The molecule has 1 N–H and O–H groups in total. The molecule has 0 radical (unpaired) electrons. The van der Waals surface area contributed by atoms with E-state index in [1.165, 1.54) is 32.1 Å². The lowest BCUT2D eigenvalue weighted by atomic mass is 9.47. The number of aliphatic hydroxyl groups is 1. The molecule has 0 bridgehead atoms. The zero-order valence-electron chi connectivity index (χ0n) is 25.1. The highest BCUT2D eigenvalue weighted by Gasteiger charge is 2.59. The summed E-state index contributed by atoms with van der Waals surface area (Å²) >= 11 is 0. The van der Waals surface area contributed by atoms with E-state index >= 15 is 0 Å². The minimum absolute atomic E-state index is 0.0222. The van der Waals surface area contributed by atoms with Gasteiger partial charge >= 0.3 is 0 Å². The summed E-state index contributed by atoms with van der Waals surface area (Å²) in [6, 6.07) is 11.2. The van der Waals surface area contributed by atoms with Crippen molar-refractivity contribution in [1.29, 1.82) is 0 Å². The number of ether oxygens (including phenoxy) is 1. The number of aromatic nitrogens is 1. The van der Waals surface area contributed by atoms with Gasteiger partial charge in [-0.15, -0.1) is 0 Å². The Labute approximate surface area is 243 Å². The molecule has 41 heavy (non-hydrogen) atoms. The number of para-hydroxylation sites is 2. The summed E-state index contributed by atoms with van der Waals surface area (Å²) in [6.45, 7) is 9.64. The Balaban J connectivity index is 1.13. The van der Waals surface area contributed by atoms with Gasteiger partial charge in [-0.3, -0.25) is 4.79 Å². The summed E-state index contributed by atoms with van der Waals surface area (Å²) in [4.78, 5) is 18.1. The van der Waals surface area contributed by atoms with Crippen LogP contribution in [0.5, 0.6) is 5.75 Å². The van der Waals surface area contributed by atoms with Crippen LogP contribution in [0, 0.1) is 40.4 Å². The molecule has 218 valence electrons. The Hall–Kier alpha value is -2.66. The SMILES string of the molecule is CCC(Oc1ccc2oc3ccccc3nc-2c1=O)[C@@H](C)[C@H]1CC[C@H]2[C@@H]3CC=C4C[C@@H](O)CC[C@]4(C)[C@H]3CC[C@]12C. The maximum atomic E-state index is 13.5. The Morgan fingerprint density at radius 1 is 1.07 bits per heavy atom. The third-order valence-corrected chi connectivity index (χ3v) is 12.4. The van der Waals surface area contributed by atoms with E-state index < -0.39 is 0 Å². The van der Waals surface area contributed by atoms with Crippen LogP contribution in [0.1, 0.15) is 85.5 Å². The van der Waals surface area contributed by atoms with Crippen molar-refractivity contribution in [3.05, 3.63) is 58.3 Å². The number of rotatable bonds is 5. The summed E-state index contributed by atoms with van der Waals surface area (Å²) in [5.74, 6) is 4.04. The van der Waals surface area contributed by atoms with Gasteiger partial charge in [0.25, 0.3) is 0 Å². The number of benzene rings is 2. The highest BCUT2D eigenvalue weighted by molar-refractivity contribution is 5.76. The van der Waals surface area contributed by atoms with Crippen molar-refractivity contribution in [2.45, 2.75) is 97.7 Å². The zero-order chi connectivity index (χ0) is 28.5. The van der Waals surface area contributed by atoms with Gasteiger partial charge in [-0.25, -0.2) is 4.98 Å². The molecule has 7 rings (SSSR count). The summed E-state index contributed by atoms with van der Waals surface area (Å²) < 4.78 is 12.6. The van der Waals surface area contributed by atoms with Gasteiger partial charge in [0, 0.05) is 0 Å². The van der Waals surface area contributed by atoms with E-state index in [4.69, 9.17) is 9.15 Å². The van der Waals surface area contributed by atoms with Crippen LogP contribution in [-0.4, -0.2) is 22.3 Å². The Morgan fingerprint density at radius 3 is 2.73 bits per heavy atom. The van der Waals surface area contributed by atoms with Crippen molar-refractivity contribution in [2.75, 3.05) is 0 Å². The number of fused-ring (bicyclic) bond motifs is 7. The highest BCUT2D eigenvalue weighted by atomic mass is 16.5. The van der Waals surface area contributed by atoms with Gasteiger partial charge in [-0.2, -0.15) is 0 Å². The molecule has 1 aromatic carbocycles. The Morgan fingerprint density at radius 2 is 1.90 bits per heavy atom. The van der Waals surface area contributed by atoms with Gasteiger partial charge < -0.3 is 14.3 Å². The number of aliphatic hydroxyl groups excluding tert-OH is 1.